The summed E-state index contributed by atoms with van der Waals surface area (Å²) in [6, 6.07) is 0. The monoisotopic (exact) mass is 170 g/mol. The number of hydrogen-bond donors (Lipinski definition) is 0. The van der Waals surface area contributed by atoms with Gasteiger partial charge in [-0.1, -0.05) is 12.2 Å². The van der Waals surface area contributed by atoms with Crippen LogP contribution in [-0.4, -0.2) is 20.0 Å². The molecule has 4 atom stereocenters. The quantitative estimate of drug-likeness (QED) is 0.404. The van der Waals surface area contributed by atoms with E-state index in [4.69, 9.17) is 0 Å². The second-order valence-electron chi connectivity index (χ2n) is 3.78. The zero-order valence-corrected chi connectivity index (χ0v) is 7.76. The summed E-state index contributed by atoms with van der Waals surface area (Å²) >= 11 is 4.28. The Morgan fingerprint density at radius 3 is 1.80 bits per heavy atom. The first-order valence-electron chi connectivity index (χ1n) is 3.70. The Labute approximate surface area is 69.8 Å². The van der Waals surface area contributed by atoms with Crippen LogP contribution in [-0.2, 0) is 0 Å². The highest BCUT2D eigenvalue weighted by molar-refractivity contribution is 8.14. The third-order valence-corrected chi connectivity index (χ3v) is 6.29. The molecule has 0 nitrogen and oxygen atoms in total. The maximum atomic E-state index is 2.42. The topological polar surface area (TPSA) is 0 Å². The summed E-state index contributed by atoms with van der Waals surface area (Å²) in [5.41, 5.74) is 0. The van der Waals surface area contributed by atoms with Gasteiger partial charge in [0.05, 0.1) is 0 Å². The van der Waals surface area contributed by atoms with Crippen LogP contribution in [0.1, 0.15) is 13.8 Å². The van der Waals surface area contributed by atoms with Gasteiger partial charge in [-0.05, 0) is 13.8 Å². The highest BCUT2D eigenvalue weighted by Crippen LogP contribution is 2.73. The zero-order valence-electron chi connectivity index (χ0n) is 6.13. The lowest BCUT2D eigenvalue weighted by atomic mass is 9.91. The molecule has 2 fully saturated rings. The summed E-state index contributed by atoms with van der Waals surface area (Å²) in [7, 11) is 0. The molecule has 2 heteroatoms. The van der Waals surface area contributed by atoms with Crippen LogP contribution in [0.15, 0.2) is 12.2 Å². The number of hydrogen-bond acceptors (Lipinski definition) is 2. The molecule has 2 saturated heterocycles. The van der Waals surface area contributed by atoms with Crippen molar-refractivity contribution < 1.29 is 0 Å². The molecule has 0 spiro atoms. The molecule has 0 saturated carbocycles. The van der Waals surface area contributed by atoms with Gasteiger partial charge in [0, 0.05) is 20.0 Å². The van der Waals surface area contributed by atoms with E-state index in [1.165, 1.54) is 0 Å². The van der Waals surface area contributed by atoms with Crippen molar-refractivity contribution in [3.8, 4) is 0 Å². The summed E-state index contributed by atoms with van der Waals surface area (Å²) < 4.78 is 1.10. The molecule has 54 valence electrons. The maximum Gasteiger partial charge on any atom is 0.0445 e. The Hall–Kier alpha value is 0.440. The van der Waals surface area contributed by atoms with E-state index in [-0.39, 0.29) is 0 Å². The minimum Gasteiger partial charge on any atom is -0.144 e. The lowest BCUT2D eigenvalue weighted by Gasteiger charge is -2.10. The van der Waals surface area contributed by atoms with Gasteiger partial charge in [0.15, 0.2) is 0 Å². The molecule has 0 aromatic rings. The Balaban J connectivity index is 2.04. The molecule has 0 aromatic heterocycles. The highest BCUT2D eigenvalue weighted by Gasteiger charge is 2.68. The van der Waals surface area contributed by atoms with Gasteiger partial charge in [-0.25, -0.2) is 0 Å². The van der Waals surface area contributed by atoms with Crippen LogP contribution >= 0.6 is 23.5 Å². The molecule has 0 N–H and O–H groups in total. The fraction of sp³-hybridized carbons (Fsp3) is 0.750. The Bertz CT molecular complexity index is 211. The van der Waals surface area contributed by atoms with Gasteiger partial charge in [-0.15, -0.1) is 23.5 Å². The first-order valence-corrected chi connectivity index (χ1v) is 5.46. The van der Waals surface area contributed by atoms with Crippen molar-refractivity contribution in [1.82, 2.24) is 0 Å². The van der Waals surface area contributed by atoms with Gasteiger partial charge in [0.2, 0.25) is 0 Å². The molecule has 3 aliphatic rings. The zero-order chi connectivity index (χ0) is 6.98. The predicted molar refractivity (Wildman–Crippen MR) is 48.7 cm³/mol. The van der Waals surface area contributed by atoms with Crippen molar-refractivity contribution in [2.45, 2.75) is 33.8 Å². The molecule has 0 amide bonds. The van der Waals surface area contributed by atoms with Gasteiger partial charge in [-0.3, -0.25) is 0 Å². The van der Waals surface area contributed by atoms with Crippen LogP contribution < -0.4 is 0 Å². The van der Waals surface area contributed by atoms with Gasteiger partial charge >= 0.3 is 0 Å². The molecule has 2 heterocycles. The smallest absolute Gasteiger partial charge is 0.0445 e. The molecular weight excluding hydrogens is 160 g/mol. The SMILES string of the molecule is CC12C=CC3(C)SC3C1S2. The molecule has 10 heavy (non-hydrogen) atoms. The van der Waals surface area contributed by atoms with E-state index in [1.807, 2.05) is 0 Å². The summed E-state index contributed by atoms with van der Waals surface area (Å²) in [4.78, 5) is 0. The van der Waals surface area contributed by atoms with Crippen molar-refractivity contribution in [2.75, 3.05) is 0 Å². The second kappa shape index (κ2) is 1.34. The van der Waals surface area contributed by atoms with E-state index in [9.17, 15) is 0 Å². The fourth-order valence-corrected chi connectivity index (χ4v) is 4.80. The molecule has 1 aliphatic carbocycles. The number of fused-ring (bicyclic) bond motifs is 3. The van der Waals surface area contributed by atoms with Crippen LogP contribution in [0.3, 0.4) is 0 Å². The third-order valence-electron chi connectivity index (χ3n) is 2.80. The second-order valence-corrected chi connectivity index (χ2v) is 7.02. The van der Waals surface area contributed by atoms with Crippen LogP contribution in [0, 0.1) is 0 Å². The van der Waals surface area contributed by atoms with Crippen molar-refractivity contribution in [2.24, 2.45) is 0 Å². The normalized spacial score (nSPS) is 68.6. The summed E-state index contributed by atoms with van der Waals surface area (Å²) in [6.45, 7) is 4.72. The Morgan fingerprint density at radius 2 is 1.40 bits per heavy atom. The molecular formula is C8H10S2. The van der Waals surface area contributed by atoms with E-state index in [0.717, 1.165) is 10.5 Å². The standard InChI is InChI=1S/C8H10S2/c1-7-3-4-8(2)6(10-8)5(7)9-7/h3-6H,1-2H3. The average molecular weight is 170 g/mol. The Kier molecular flexibility index (Phi) is 0.803. The molecule has 3 rings (SSSR count). The lowest BCUT2D eigenvalue weighted by molar-refractivity contribution is 0.714. The third kappa shape index (κ3) is 0.539. The number of rotatable bonds is 0. The van der Waals surface area contributed by atoms with E-state index >= 15 is 0 Å². The summed E-state index contributed by atoms with van der Waals surface area (Å²) in [6.07, 6.45) is 4.83. The fourth-order valence-electron chi connectivity index (χ4n) is 1.80. The summed E-state index contributed by atoms with van der Waals surface area (Å²) in [5, 5.41) is 1.90. The van der Waals surface area contributed by atoms with Gasteiger partial charge in [0.1, 0.15) is 0 Å². The summed E-state index contributed by atoms with van der Waals surface area (Å²) in [5.74, 6) is 0. The van der Waals surface area contributed by atoms with Crippen molar-refractivity contribution in [3.05, 3.63) is 12.2 Å². The first kappa shape index (κ1) is 6.01. The number of thioether (sulfide) groups is 2. The predicted octanol–water partition coefficient (Wildman–Crippen LogP) is 2.30. The Morgan fingerprint density at radius 1 is 1.00 bits per heavy atom. The van der Waals surface area contributed by atoms with Gasteiger partial charge in [-0.2, -0.15) is 0 Å². The minimum absolute atomic E-state index is 0.549. The maximum absolute atomic E-state index is 2.42. The first-order chi connectivity index (χ1) is 4.64. The molecule has 2 aliphatic heterocycles. The molecule has 0 aromatic carbocycles. The van der Waals surface area contributed by atoms with E-state index in [0.29, 0.717) is 9.49 Å². The lowest BCUT2D eigenvalue weighted by Crippen LogP contribution is -2.22. The minimum atomic E-state index is 0.549. The average Bonchev–Trinajstić information content (AvgIpc) is 2.65. The van der Waals surface area contributed by atoms with Crippen molar-refractivity contribution >= 4 is 23.5 Å². The van der Waals surface area contributed by atoms with Crippen LogP contribution in [0.5, 0.6) is 0 Å². The van der Waals surface area contributed by atoms with Gasteiger partial charge < -0.3 is 0 Å². The largest absolute Gasteiger partial charge is 0.144 e. The molecule has 4 unspecified atom stereocenters. The van der Waals surface area contributed by atoms with Gasteiger partial charge in [0.25, 0.3) is 0 Å². The van der Waals surface area contributed by atoms with Crippen LogP contribution in [0.25, 0.3) is 0 Å². The highest BCUT2D eigenvalue weighted by atomic mass is 32.2. The van der Waals surface area contributed by atoms with Crippen molar-refractivity contribution in [3.63, 3.8) is 0 Å². The molecule has 0 radical (unpaired) electrons. The van der Waals surface area contributed by atoms with Crippen molar-refractivity contribution in [1.29, 1.82) is 0 Å². The van der Waals surface area contributed by atoms with E-state index in [2.05, 4.69) is 49.5 Å². The van der Waals surface area contributed by atoms with Crippen LogP contribution in [0.4, 0.5) is 0 Å². The molecule has 0 bridgehead atoms. The van der Waals surface area contributed by atoms with E-state index in [1.54, 1.807) is 0 Å². The van der Waals surface area contributed by atoms with E-state index < -0.39 is 0 Å². The van der Waals surface area contributed by atoms with Crippen LogP contribution in [0.2, 0.25) is 0 Å².